The minimum atomic E-state index is 0.271. The van der Waals surface area contributed by atoms with Crippen molar-refractivity contribution in [1.29, 1.82) is 0 Å². The number of hydrogen-bond donors (Lipinski definition) is 2. The molecule has 32 heavy (non-hydrogen) atoms. The second-order valence-corrected chi connectivity index (χ2v) is 8.40. The van der Waals surface area contributed by atoms with Crippen molar-refractivity contribution < 1.29 is 10.2 Å². The summed E-state index contributed by atoms with van der Waals surface area (Å²) < 4.78 is 6.21. The summed E-state index contributed by atoms with van der Waals surface area (Å²) in [6, 6.07) is 14.7. The maximum absolute atomic E-state index is 9.57. The molecular formula is C23H26N6O2S. The first-order chi connectivity index (χ1) is 15.6. The van der Waals surface area contributed by atoms with Crippen molar-refractivity contribution in [2.75, 3.05) is 25.0 Å². The number of benzene rings is 2. The van der Waals surface area contributed by atoms with Gasteiger partial charge in [0, 0.05) is 57.2 Å². The number of rotatable bonds is 10. The topological polar surface area (TPSA) is 90.5 Å². The maximum atomic E-state index is 9.57. The molecule has 0 saturated heterocycles. The molecule has 4 aromatic rings. The third-order valence-corrected chi connectivity index (χ3v) is 5.94. The smallest absolute Gasteiger partial charge is 0.248 e. The molecule has 2 N–H and O–H groups in total. The Bertz CT molecular complexity index is 1050. The third-order valence-electron chi connectivity index (χ3n) is 5.12. The predicted octanol–water partition coefficient (Wildman–Crippen LogP) is 3.66. The first-order valence-corrected chi connectivity index (χ1v) is 11.2. The summed E-state index contributed by atoms with van der Waals surface area (Å²) in [5.41, 5.74) is 2.29. The number of imidazole rings is 1. The number of anilines is 1. The molecule has 0 amide bonds. The van der Waals surface area contributed by atoms with Crippen molar-refractivity contribution in [3.63, 3.8) is 0 Å². The van der Waals surface area contributed by atoms with Gasteiger partial charge in [-0.2, -0.15) is 9.36 Å². The Morgan fingerprint density at radius 2 is 1.53 bits per heavy atom. The molecule has 8 nitrogen and oxygen atoms in total. The molecular weight excluding hydrogens is 424 g/mol. The number of hydrogen-bond acceptors (Lipinski definition) is 8. The Labute approximate surface area is 191 Å². The molecule has 0 radical (unpaired) electrons. The minimum absolute atomic E-state index is 0.271. The van der Waals surface area contributed by atoms with Crippen LogP contribution in [0.2, 0.25) is 0 Å². The van der Waals surface area contributed by atoms with E-state index >= 15 is 0 Å². The summed E-state index contributed by atoms with van der Waals surface area (Å²) in [5, 5.41) is 20.0. The Morgan fingerprint density at radius 1 is 0.906 bits per heavy atom. The maximum Gasteiger partial charge on any atom is 0.248 e. The van der Waals surface area contributed by atoms with Crippen LogP contribution in [0.3, 0.4) is 0 Å². The Morgan fingerprint density at radius 3 is 2.09 bits per heavy atom. The molecule has 4 rings (SSSR count). The molecule has 0 aliphatic rings. The number of phenolic OH excluding ortho intramolecular Hbond substituents is 2. The van der Waals surface area contributed by atoms with Gasteiger partial charge in [-0.05, 0) is 41.8 Å². The summed E-state index contributed by atoms with van der Waals surface area (Å²) in [5.74, 6) is 1.18. The summed E-state index contributed by atoms with van der Waals surface area (Å²) in [7, 11) is 2.03. The van der Waals surface area contributed by atoms with Crippen molar-refractivity contribution >= 4 is 16.7 Å². The fourth-order valence-corrected chi connectivity index (χ4v) is 4.06. The average Bonchev–Trinajstić information content (AvgIpc) is 3.49. The van der Waals surface area contributed by atoms with E-state index in [1.54, 1.807) is 41.4 Å². The van der Waals surface area contributed by atoms with E-state index in [0.29, 0.717) is 5.95 Å². The van der Waals surface area contributed by atoms with E-state index in [4.69, 9.17) is 0 Å². The largest absolute Gasteiger partial charge is 0.508 e. The lowest BCUT2D eigenvalue weighted by molar-refractivity contribution is 0.254. The summed E-state index contributed by atoms with van der Waals surface area (Å²) >= 11 is 1.38. The first kappa shape index (κ1) is 21.8. The van der Waals surface area contributed by atoms with Gasteiger partial charge in [-0.1, -0.05) is 24.3 Å². The van der Waals surface area contributed by atoms with Crippen LogP contribution < -0.4 is 4.90 Å². The van der Waals surface area contributed by atoms with Gasteiger partial charge < -0.3 is 15.1 Å². The van der Waals surface area contributed by atoms with Crippen LogP contribution in [0, 0.1) is 0 Å². The lowest BCUT2D eigenvalue weighted by atomic mass is 10.1. The average molecular weight is 451 g/mol. The highest BCUT2D eigenvalue weighted by Crippen LogP contribution is 2.19. The molecule has 0 unspecified atom stereocenters. The van der Waals surface area contributed by atoms with E-state index in [0.717, 1.165) is 48.9 Å². The van der Waals surface area contributed by atoms with Gasteiger partial charge >= 0.3 is 0 Å². The molecule has 0 fully saturated rings. The van der Waals surface area contributed by atoms with E-state index in [1.807, 2.05) is 37.5 Å². The van der Waals surface area contributed by atoms with Crippen molar-refractivity contribution in [1.82, 2.24) is 23.8 Å². The Kier molecular flexibility index (Phi) is 6.98. The van der Waals surface area contributed by atoms with Crippen LogP contribution in [-0.4, -0.2) is 54.2 Å². The van der Waals surface area contributed by atoms with Gasteiger partial charge in [-0.25, -0.2) is 4.98 Å². The van der Waals surface area contributed by atoms with Crippen LogP contribution in [0.4, 0.5) is 5.13 Å². The van der Waals surface area contributed by atoms with Crippen molar-refractivity contribution in [3.8, 4) is 17.4 Å². The Balaban J connectivity index is 1.36. The van der Waals surface area contributed by atoms with Gasteiger partial charge in [0.15, 0.2) is 0 Å². The standard InChI is InChI=1S/C23H26N6O2S/c1-27(23-25-22(26-32-23)29-14-11-24-17-29)12-2-13-28(15-18-3-7-20(30)8-4-18)16-19-5-9-21(31)10-6-19/h3-11,14,17,30-31H,2,12-13,15-16H2,1H3. The van der Waals surface area contributed by atoms with E-state index in [1.165, 1.54) is 11.5 Å². The van der Waals surface area contributed by atoms with E-state index < -0.39 is 0 Å². The lowest BCUT2D eigenvalue weighted by Crippen LogP contribution is -2.28. The molecule has 0 aliphatic heterocycles. The normalized spacial score (nSPS) is 11.2. The number of phenols is 2. The Hall–Kier alpha value is -3.43. The van der Waals surface area contributed by atoms with E-state index in [-0.39, 0.29) is 11.5 Å². The minimum Gasteiger partial charge on any atom is -0.508 e. The lowest BCUT2D eigenvalue weighted by Gasteiger charge is -2.24. The quantitative estimate of drug-likeness (QED) is 0.381. The molecule has 2 aromatic heterocycles. The summed E-state index contributed by atoms with van der Waals surface area (Å²) in [4.78, 5) is 13.1. The SMILES string of the molecule is CN(CCCN(Cc1ccc(O)cc1)Cc1ccc(O)cc1)c1nc(-n2ccnc2)ns1. The van der Waals surface area contributed by atoms with Crippen LogP contribution in [0.25, 0.3) is 5.95 Å². The van der Waals surface area contributed by atoms with Gasteiger partial charge in [0.25, 0.3) is 0 Å². The van der Waals surface area contributed by atoms with Gasteiger partial charge in [-0.15, -0.1) is 0 Å². The first-order valence-electron chi connectivity index (χ1n) is 10.4. The van der Waals surface area contributed by atoms with E-state index in [2.05, 4.69) is 24.1 Å². The zero-order chi connectivity index (χ0) is 22.3. The molecule has 2 heterocycles. The van der Waals surface area contributed by atoms with Gasteiger partial charge in [0.05, 0.1) is 0 Å². The highest BCUT2D eigenvalue weighted by atomic mass is 32.1. The zero-order valence-corrected chi connectivity index (χ0v) is 18.7. The molecule has 166 valence electrons. The molecule has 0 bridgehead atoms. The second kappa shape index (κ2) is 10.3. The second-order valence-electron chi connectivity index (χ2n) is 7.67. The molecule has 0 saturated carbocycles. The molecule has 0 aliphatic carbocycles. The molecule has 9 heteroatoms. The van der Waals surface area contributed by atoms with Crippen LogP contribution in [0.5, 0.6) is 11.5 Å². The van der Waals surface area contributed by atoms with Gasteiger partial charge in [0.1, 0.15) is 17.8 Å². The third kappa shape index (κ3) is 5.83. The van der Waals surface area contributed by atoms with Gasteiger partial charge in [0.2, 0.25) is 11.1 Å². The van der Waals surface area contributed by atoms with E-state index in [9.17, 15) is 10.2 Å². The molecule has 2 aromatic carbocycles. The highest BCUT2D eigenvalue weighted by Gasteiger charge is 2.12. The summed E-state index contributed by atoms with van der Waals surface area (Å²) in [6.45, 7) is 3.28. The van der Waals surface area contributed by atoms with Crippen molar-refractivity contribution in [2.24, 2.45) is 0 Å². The van der Waals surface area contributed by atoms with Crippen LogP contribution in [0.15, 0.2) is 67.3 Å². The molecule has 0 atom stereocenters. The van der Waals surface area contributed by atoms with Crippen LogP contribution in [0.1, 0.15) is 17.5 Å². The van der Waals surface area contributed by atoms with Gasteiger partial charge in [-0.3, -0.25) is 9.47 Å². The zero-order valence-electron chi connectivity index (χ0n) is 17.9. The monoisotopic (exact) mass is 450 g/mol. The number of aromatic hydroxyl groups is 2. The van der Waals surface area contributed by atoms with Crippen molar-refractivity contribution in [3.05, 3.63) is 78.4 Å². The number of aromatic nitrogens is 4. The highest BCUT2D eigenvalue weighted by molar-refractivity contribution is 7.09. The fourth-order valence-electron chi connectivity index (χ4n) is 3.41. The molecule has 0 spiro atoms. The summed E-state index contributed by atoms with van der Waals surface area (Å²) in [6.07, 6.45) is 6.18. The van der Waals surface area contributed by atoms with Crippen molar-refractivity contribution in [2.45, 2.75) is 19.5 Å². The number of nitrogens with zero attached hydrogens (tertiary/aromatic N) is 6. The fraction of sp³-hybridized carbons (Fsp3) is 0.261. The predicted molar refractivity (Wildman–Crippen MR) is 125 cm³/mol. The van der Waals surface area contributed by atoms with Crippen LogP contribution in [-0.2, 0) is 13.1 Å². The van der Waals surface area contributed by atoms with Crippen LogP contribution >= 0.6 is 11.5 Å².